The molecule has 2 rings (SSSR count). The Balaban J connectivity index is 2.19. The summed E-state index contributed by atoms with van der Waals surface area (Å²) in [5, 5.41) is 27.7. The number of benzene rings is 1. The Bertz CT molecular complexity index is 790. The molecule has 1 N–H and O–H groups in total. The zero-order valence-electron chi connectivity index (χ0n) is 11.7. The number of halogens is 1. The van der Waals surface area contributed by atoms with E-state index < -0.39 is 21.8 Å². The standard InChI is InChI=1S/C12H10ClN5O5/c1-7(16-6-9(5-14-16)18(22)23)12(19)15-11-4-8(17(20)21)2-3-10(11)13/h2-7H,1H3,(H,15,19). The van der Waals surface area contributed by atoms with E-state index in [9.17, 15) is 25.0 Å². The molecule has 11 heteroatoms. The first-order valence-electron chi connectivity index (χ1n) is 6.23. The minimum atomic E-state index is -0.876. The van der Waals surface area contributed by atoms with Crippen LogP contribution in [0.3, 0.4) is 0 Å². The molecule has 0 bridgehead atoms. The minimum absolute atomic E-state index is 0.0689. The summed E-state index contributed by atoms with van der Waals surface area (Å²) in [7, 11) is 0. The quantitative estimate of drug-likeness (QED) is 0.657. The second-order valence-corrected chi connectivity index (χ2v) is 4.93. The van der Waals surface area contributed by atoms with Gasteiger partial charge >= 0.3 is 5.69 Å². The molecule has 120 valence electrons. The lowest BCUT2D eigenvalue weighted by atomic mass is 10.2. The number of non-ortho nitro benzene ring substituents is 1. The van der Waals surface area contributed by atoms with Crippen molar-refractivity contribution in [2.75, 3.05) is 5.32 Å². The number of hydrogen-bond donors (Lipinski definition) is 1. The van der Waals surface area contributed by atoms with Crippen molar-refractivity contribution in [2.24, 2.45) is 0 Å². The summed E-state index contributed by atoms with van der Waals surface area (Å²) in [4.78, 5) is 32.3. The SMILES string of the molecule is CC(C(=O)Nc1cc([N+](=O)[O-])ccc1Cl)n1cc([N+](=O)[O-])cn1. The summed E-state index contributed by atoms with van der Waals surface area (Å²) in [5.41, 5.74) is -0.413. The Morgan fingerprint density at radius 1 is 1.30 bits per heavy atom. The van der Waals surface area contributed by atoms with Crippen LogP contribution in [0.4, 0.5) is 17.1 Å². The summed E-state index contributed by atoms with van der Waals surface area (Å²) in [6.45, 7) is 1.47. The predicted octanol–water partition coefficient (Wildman–Crippen LogP) is 2.55. The van der Waals surface area contributed by atoms with Gasteiger partial charge in [-0.3, -0.25) is 29.7 Å². The van der Waals surface area contributed by atoms with Crippen molar-refractivity contribution in [2.45, 2.75) is 13.0 Å². The van der Waals surface area contributed by atoms with Gasteiger partial charge in [-0.2, -0.15) is 5.10 Å². The summed E-state index contributed by atoms with van der Waals surface area (Å²) < 4.78 is 1.11. The van der Waals surface area contributed by atoms with Crippen LogP contribution in [-0.2, 0) is 4.79 Å². The molecule has 1 heterocycles. The number of hydrogen-bond acceptors (Lipinski definition) is 6. The molecule has 0 saturated carbocycles. The number of rotatable bonds is 5. The van der Waals surface area contributed by atoms with E-state index in [1.807, 2.05) is 0 Å². The zero-order valence-corrected chi connectivity index (χ0v) is 12.4. The number of nitrogens with zero attached hydrogens (tertiary/aromatic N) is 4. The minimum Gasteiger partial charge on any atom is -0.323 e. The van der Waals surface area contributed by atoms with E-state index in [4.69, 9.17) is 11.6 Å². The van der Waals surface area contributed by atoms with Crippen molar-refractivity contribution in [3.05, 3.63) is 55.8 Å². The van der Waals surface area contributed by atoms with Crippen molar-refractivity contribution in [3.8, 4) is 0 Å². The average Bonchev–Trinajstić information content (AvgIpc) is 2.98. The molecule has 0 aliphatic heterocycles. The number of amides is 1. The van der Waals surface area contributed by atoms with Crippen LogP contribution < -0.4 is 5.32 Å². The molecule has 1 aromatic carbocycles. The van der Waals surface area contributed by atoms with Gasteiger partial charge in [0.2, 0.25) is 5.91 Å². The molecule has 0 fully saturated rings. The highest BCUT2D eigenvalue weighted by Gasteiger charge is 2.20. The van der Waals surface area contributed by atoms with Gasteiger partial charge in [0, 0.05) is 12.1 Å². The predicted molar refractivity (Wildman–Crippen MR) is 80.3 cm³/mol. The van der Waals surface area contributed by atoms with Gasteiger partial charge in [0.1, 0.15) is 18.4 Å². The Kier molecular flexibility index (Phi) is 4.55. The fourth-order valence-electron chi connectivity index (χ4n) is 1.71. The van der Waals surface area contributed by atoms with Crippen LogP contribution in [0.15, 0.2) is 30.6 Å². The topological polar surface area (TPSA) is 133 Å². The normalized spacial score (nSPS) is 11.7. The number of carbonyl (C=O) groups excluding carboxylic acids is 1. The molecular weight excluding hydrogens is 330 g/mol. The first-order chi connectivity index (χ1) is 10.8. The molecule has 0 saturated heterocycles. The van der Waals surface area contributed by atoms with E-state index in [0.717, 1.165) is 23.1 Å². The zero-order chi connectivity index (χ0) is 17.1. The fraction of sp³-hybridized carbons (Fsp3) is 0.167. The lowest BCUT2D eigenvalue weighted by Gasteiger charge is -2.13. The van der Waals surface area contributed by atoms with Crippen LogP contribution in [-0.4, -0.2) is 25.5 Å². The van der Waals surface area contributed by atoms with Crippen LogP contribution in [0.25, 0.3) is 0 Å². The summed E-state index contributed by atoms with van der Waals surface area (Å²) >= 11 is 5.89. The number of nitro groups is 2. The third-order valence-corrected chi connectivity index (χ3v) is 3.32. The van der Waals surface area contributed by atoms with E-state index in [-0.39, 0.29) is 22.1 Å². The molecular formula is C12H10ClN5O5. The van der Waals surface area contributed by atoms with E-state index in [2.05, 4.69) is 10.4 Å². The van der Waals surface area contributed by atoms with Crippen LogP contribution in [0.1, 0.15) is 13.0 Å². The Morgan fingerprint density at radius 3 is 2.52 bits per heavy atom. The monoisotopic (exact) mass is 339 g/mol. The van der Waals surface area contributed by atoms with Gasteiger partial charge < -0.3 is 5.32 Å². The second kappa shape index (κ2) is 6.40. The van der Waals surface area contributed by atoms with Crippen molar-refractivity contribution in [3.63, 3.8) is 0 Å². The molecule has 0 aliphatic rings. The van der Waals surface area contributed by atoms with Gasteiger partial charge in [0.25, 0.3) is 5.69 Å². The van der Waals surface area contributed by atoms with Gasteiger partial charge in [-0.15, -0.1) is 0 Å². The van der Waals surface area contributed by atoms with E-state index in [1.165, 1.54) is 19.1 Å². The first-order valence-corrected chi connectivity index (χ1v) is 6.60. The molecule has 0 aliphatic carbocycles. The average molecular weight is 340 g/mol. The maximum atomic E-state index is 12.2. The molecule has 10 nitrogen and oxygen atoms in total. The van der Waals surface area contributed by atoms with Crippen molar-refractivity contribution in [1.82, 2.24) is 9.78 Å². The number of carbonyl (C=O) groups is 1. The van der Waals surface area contributed by atoms with Crippen molar-refractivity contribution >= 4 is 34.6 Å². The third kappa shape index (κ3) is 3.61. The Morgan fingerprint density at radius 2 is 1.96 bits per heavy atom. The molecule has 1 aromatic heterocycles. The van der Waals surface area contributed by atoms with E-state index in [1.54, 1.807) is 0 Å². The highest BCUT2D eigenvalue weighted by atomic mass is 35.5. The van der Waals surface area contributed by atoms with Crippen LogP contribution in [0.5, 0.6) is 0 Å². The summed E-state index contributed by atoms with van der Waals surface area (Å²) in [5.74, 6) is -0.578. The first kappa shape index (κ1) is 16.4. The lowest BCUT2D eigenvalue weighted by molar-refractivity contribution is -0.385. The van der Waals surface area contributed by atoms with Gasteiger partial charge in [-0.1, -0.05) is 11.6 Å². The molecule has 23 heavy (non-hydrogen) atoms. The third-order valence-electron chi connectivity index (χ3n) is 2.99. The summed E-state index contributed by atoms with van der Waals surface area (Å²) in [6.07, 6.45) is 2.13. The largest absolute Gasteiger partial charge is 0.323 e. The summed E-state index contributed by atoms with van der Waals surface area (Å²) in [6, 6.07) is 2.74. The van der Waals surface area contributed by atoms with Gasteiger partial charge in [0.15, 0.2) is 0 Å². The second-order valence-electron chi connectivity index (χ2n) is 4.52. The smallest absolute Gasteiger partial charge is 0.307 e. The molecule has 1 amide bonds. The number of nitro benzene ring substituents is 1. The van der Waals surface area contributed by atoms with E-state index in [0.29, 0.717) is 0 Å². The maximum Gasteiger partial charge on any atom is 0.307 e. The highest BCUT2D eigenvalue weighted by molar-refractivity contribution is 6.33. The lowest BCUT2D eigenvalue weighted by Crippen LogP contribution is -2.24. The van der Waals surface area contributed by atoms with Gasteiger partial charge in [-0.05, 0) is 13.0 Å². The van der Waals surface area contributed by atoms with Gasteiger partial charge in [-0.25, -0.2) is 0 Å². The van der Waals surface area contributed by atoms with Crippen LogP contribution in [0.2, 0.25) is 5.02 Å². The Hall–Kier alpha value is -3.01. The molecule has 1 atom stereocenters. The highest BCUT2D eigenvalue weighted by Crippen LogP contribution is 2.27. The number of aromatic nitrogens is 2. The molecule has 0 spiro atoms. The number of nitrogens with one attached hydrogen (secondary N) is 1. The molecule has 2 aromatic rings. The molecule has 1 unspecified atom stereocenters. The van der Waals surface area contributed by atoms with Gasteiger partial charge in [0.05, 0.1) is 20.6 Å². The van der Waals surface area contributed by atoms with Crippen LogP contribution >= 0.6 is 11.6 Å². The van der Waals surface area contributed by atoms with Crippen molar-refractivity contribution in [1.29, 1.82) is 0 Å². The maximum absolute atomic E-state index is 12.2. The van der Waals surface area contributed by atoms with Crippen LogP contribution in [0, 0.1) is 20.2 Å². The fourth-order valence-corrected chi connectivity index (χ4v) is 1.88. The van der Waals surface area contributed by atoms with Crippen molar-refractivity contribution < 1.29 is 14.6 Å². The molecule has 0 radical (unpaired) electrons. The number of anilines is 1. The van der Waals surface area contributed by atoms with E-state index >= 15 is 0 Å². The Labute approximate surface area is 134 Å².